The van der Waals surface area contributed by atoms with Gasteiger partial charge in [0.15, 0.2) is 0 Å². The minimum absolute atomic E-state index is 0.898. The first kappa shape index (κ1) is 22.6. The molecule has 0 saturated heterocycles. The normalized spacial score (nSPS) is 11.5. The molecule has 8 rings (SSSR count). The first-order chi connectivity index (χ1) is 19.8. The van der Waals surface area contributed by atoms with E-state index in [1.807, 2.05) is 24.3 Å². The minimum Gasteiger partial charge on any atom is -0.455 e. The van der Waals surface area contributed by atoms with E-state index in [-0.39, 0.29) is 0 Å². The summed E-state index contributed by atoms with van der Waals surface area (Å²) in [5, 5.41) is 2.25. The number of imidazole rings is 1. The van der Waals surface area contributed by atoms with Crippen LogP contribution in [0, 0.1) is 0 Å². The second kappa shape index (κ2) is 9.11. The number of furan rings is 1. The van der Waals surface area contributed by atoms with E-state index in [4.69, 9.17) is 9.40 Å². The van der Waals surface area contributed by atoms with Gasteiger partial charge in [0, 0.05) is 27.6 Å². The predicted octanol–water partition coefficient (Wildman–Crippen LogP) is 9.93. The Morgan fingerprint density at radius 2 is 1.18 bits per heavy atom. The Morgan fingerprint density at radius 3 is 2.05 bits per heavy atom. The largest absolute Gasteiger partial charge is 0.455 e. The van der Waals surface area contributed by atoms with E-state index in [9.17, 15) is 0 Å². The molecule has 0 aliphatic carbocycles. The van der Waals surface area contributed by atoms with Gasteiger partial charge in [-0.15, -0.1) is 0 Å². The third kappa shape index (κ3) is 3.63. The van der Waals surface area contributed by atoms with Crippen molar-refractivity contribution in [1.29, 1.82) is 0 Å². The molecular weight excluding hydrogens is 488 g/mol. The van der Waals surface area contributed by atoms with Crippen LogP contribution in [0.15, 0.2) is 150 Å². The fourth-order valence-corrected chi connectivity index (χ4v) is 5.74. The van der Waals surface area contributed by atoms with E-state index in [1.165, 1.54) is 0 Å². The highest BCUT2D eigenvalue weighted by Gasteiger charge is 2.18. The fourth-order valence-electron chi connectivity index (χ4n) is 5.74. The van der Waals surface area contributed by atoms with Crippen molar-refractivity contribution >= 4 is 33.0 Å². The van der Waals surface area contributed by atoms with Crippen LogP contribution in [0.3, 0.4) is 0 Å². The van der Waals surface area contributed by atoms with Gasteiger partial charge in [0.05, 0.1) is 11.0 Å². The Kier molecular flexibility index (Phi) is 5.14. The molecule has 40 heavy (non-hydrogen) atoms. The molecular formula is C37H24N2O. The molecule has 8 aromatic rings. The topological polar surface area (TPSA) is 31.0 Å². The van der Waals surface area contributed by atoms with Gasteiger partial charge in [-0.25, -0.2) is 4.98 Å². The lowest BCUT2D eigenvalue weighted by Gasteiger charge is -2.13. The van der Waals surface area contributed by atoms with Gasteiger partial charge in [-0.2, -0.15) is 0 Å². The Labute approximate surface area is 231 Å². The average Bonchev–Trinajstić information content (AvgIpc) is 3.61. The molecule has 2 heterocycles. The summed E-state index contributed by atoms with van der Waals surface area (Å²) in [7, 11) is 0. The van der Waals surface area contributed by atoms with Crippen molar-refractivity contribution in [2.24, 2.45) is 0 Å². The van der Waals surface area contributed by atoms with Crippen LogP contribution in [0.1, 0.15) is 0 Å². The predicted molar refractivity (Wildman–Crippen MR) is 165 cm³/mol. The first-order valence-electron chi connectivity index (χ1n) is 13.5. The second-order valence-electron chi connectivity index (χ2n) is 10.0. The number of benzene rings is 6. The first-order valence-corrected chi connectivity index (χ1v) is 13.5. The minimum atomic E-state index is 0.898. The second-order valence-corrected chi connectivity index (χ2v) is 10.0. The molecule has 3 nitrogen and oxygen atoms in total. The molecule has 0 aliphatic heterocycles. The summed E-state index contributed by atoms with van der Waals surface area (Å²) in [6, 6.07) is 50.7. The van der Waals surface area contributed by atoms with Crippen molar-refractivity contribution in [2.45, 2.75) is 0 Å². The van der Waals surface area contributed by atoms with Crippen LogP contribution in [0.4, 0.5) is 0 Å². The van der Waals surface area contributed by atoms with Crippen LogP contribution in [0.2, 0.25) is 0 Å². The molecule has 0 fully saturated rings. The standard InChI is InChI=1S/C37H24N2O/c1-3-12-25(13-4-1)26-22-27(30-17-11-18-32-31-16-7-10-21-35(31)40-36(30)32)24-28(23-26)37-38-33-19-8-9-20-34(33)39(37)29-14-5-2-6-15-29/h1-24H. The molecule has 0 N–H and O–H groups in total. The van der Waals surface area contributed by atoms with Crippen molar-refractivity contribution < 1.29 is 4.42 Å². The Balaban J connectivity index is 1.43. The van der Waals surface area contributed by atoms with Crippen LogP contribution < -0.4 is 0 Å². The quantitative estimate of drug-likeness (QED) is 0.235. The zero-order valence-corrected chi connectivity index (χ0v) is 21.7. The summed E-state index contributed by atoms with van der Waals surface area (Å²) in [5.74, 6) is 0.906. The average molecular weight is 513 g/mol. The van der Waals surface area contributed by atoms with Crippen LogP contribution in [0.25, 0.3) is 72.3 Å². The maximum absolute atomic E-state index is 6.45. The Bertz CT molecular complexity index is 2150. The van der Waals surface area contributed by atoms with E-state index in [0.717, 1.165) is 72.3 Å². The highest BCUT2D eigenvalue weighted by Crippen LogP contribution is 2.40. The molecule has 0 unspecified atom stereocenters. The van der Waals surface area contributed by atoms with Gasteiger partial charge in [-0.3, -0.25) is 4.57 Å². The SMILES string of the molecule is c1ccc(-c2cc(-c3cccc4c3oc3ccccc34)cc(-c3nc4ccccc4n3-c3ccccc3)c2)cc1. The summed E-state index contributed by atoms with van der Waals surface area (Å²) in [5.41, 5.74) is 10.4. The van der Waals surface area contributed by atoms with Gasteiger partial charge in [0.25, 0.3) is 0 Å². The summed E-state index contributed by atoms with van der Waals surface area (Å²) in [6.45, 7) is 0. The lowest BCUT2D eigenvalue weighted by Crippen LogP contribution is -1.98. The smallest absolute Gasteiger partial charge is 0.145 e. The van der Waals surface area contributed by atoms with Gasteiger partial charge in [0.2, 0.25) is 0 Å². The summed E-state index contributed by atoms with van der Waals surface area (Å²) < 4.78 is 8.70. The molecule has 188 valence electrons. The number of hydrogen-bond acceptors (Lipinski definition) is 2. The van der Waals surface area contributed by atoms with Gasteiger partial charge >= 0.3 is 0 Å². The van der Waals surface area contributed by atoms with Crippen molar-refractivity contribution in [3.63, 3.8) is 0 Å². The monoisotopic (exact) mass is 512 g/mol. The number of nitrogens with zero attached hydrogens (tertiary/aromatic N) is 2. The van der Waals surface area contributed by atoms with E-state index < -0.39 is 0 Å². The number of fused-ring (bicyclic) bond motifs is 4. The third-order valence-electron chi connectivity index (χ3n) is 7.59. The molecule has 6 aromatic carbocycles. The van der Waals surface area contributed by atoms with Crippen molar-refractivity contribution in [3.05, 3.63) is 146 Å². The molecule has 0 aliphatic rings. The summed E-state index contributed by atoms with van der Waals surface area (Å²) >= 11 is 0. The molecule has 2 aromatic heterocycles. The molecule has 0 atom stereocenters. The van der Waals surface area contributed by atoms with Gasteiger partial charge < -0.3 is 4.42 Å². The zero-order chi connectivity index (χ0) is 26.5. The molecule has 0 amide bonds. The van der Waals surface area contributed by atoms with Crippen LogP contribution in [-0.2, 0) is 0 Å². The third-order valence-corrected chi connectivity index (χ3v) is 7.59. The van der Waals surface area contributed by atoms with Crippen LogP contribution in [0.5, 0.6) is 0 Å². The fraction of sp³-hybridized carbons (Fsp3) is 0. The Morgan fingerprint density at radius 1 is 0.500 bits per heavy atom. The Hall–Kier alpha value is -5.41. The van der Waals surface area contributed by atoms with Crippen LogP contribution >= 0.6 is 0 Å². The maximum Gasteiger partial charge on any atom is 0.145 e. The van der Waals surface area contributed by atoms with Crippen molar-refractivity contribution in [2.75, 3.05) is 0 Å². The summed E-state index contributed by atoms with van der Waals surface area (Å²) in [4.78, 5) is 5.17. The molecule has 3 heteroatoms. The number of rotatable bonds is 4. The number of hydrogen-bond donors (Lipinski definition) is 0. The lowest BCUT2D eigenvalue weighted by atomic mass is 9.94. The van der Waals surface area contributed by atoms with E-state index in [0.29, 0.717) is 0 Å². The van der Waals surface area contributed by atoms with Crippen molar-refractivity contribution in [3.8, 4) is 39.3 Å². The number of para-hydroxylation sites is 5. The van der Waals surface area contributed by atoms with Gasteiger partial charge in [0.1, 0.15) is 17.0 Å². The van der Waals surface area contributed by atoms with E-state index >= 15 is 0 Å². The van der Waals surface area contributed by atoms with E-state index in [2.05, 4.69) is 126 Å². The molecule has 0 bridgehead atoms. The maximum atomic E-state index is 6.45. The molecule has 0 saturated carbocycles. The highest BCUT2D eigenvalue weighted by atomic mass is 16.3. The molecule has 0 radical (unpaired) electrons. The van der Waals surface area contributed by atoms with Crippen LogP contribution in [-0.4, -0.2) is 9.55 Å². The highest BCUT2D eigenvalue weighted by molar-refractivity contribution is 6.09. The summed E-state index contributed by atoms with van der Waals surface area (Å²) in [6.07, 6.45) is 0. The van der Waals surface area contributed by atoms with Gasteiger partial charge in [-0.1, -0.05) is 97.1 Å². The van der Waals surface area contributed by atoms with Gasteiger partial charge in [-0.05, 0) is 65.2 Å². The van der Waals surface area contributed by atoms with Crippen molar-refractivity contribution in [1.82, 2.24) is 9.55 Å². The number of aromatic nitrogens is 2. The van der Waals surface area contributed by atoms with E-state index in [1.54, 1.807) is 0 Å². The lowest BCUT2D eigenvalue weighted by molar-refractivity contribution is 0.670. The molecule has 0 spiro atoms. The zero-order valence-electron chi connectivity index (χ0n) is 21.7.